The van der Waals surface area contributed by atoms with Gasteiger partial charge in [-0.05, 0) is 16.7 Å². The van der Waals surface area contributed by atoms with Crippen molar-refractivity contribution in [1.29, 1.82) is 0 Å². The fourth-order valence-electron chi connectivity index (χ4n) is 3.83. The Labute approximate surface area is 189 Å². The van der Waals surface area contributed by atoms with Gasteiger partial charge in [-0.1, -0.05) is 91.0 Å². The predicted molar refractivity (Wildman–Crippen MR) is 122 cm³/mol. The molecular formula is C27H30O5. The molecule has 0 unspecified atom stereocenters. The fourth-order valence-corrected chi connectivity index (χ4v) is 3.83. The van der Waals surface area contributed by atoms with E-state index in [1.807, 2.05) is 91.0 Å². The Morgan fingerprint density at radius 3 is 1.75 bits per heavy atom. The summed E-state index contributed by atoms with van der Waals surface area (Å²) < 4.78 is 24.3. The van der Waals surface area contributed by atoms with Crippen LogP contribution in [0.5, 0.6) is 0 Å². The molecule has 1 fully saturated rings. The van der Waals surface area contributed by atoms with Crippen LogP contribution < -0.4 is 0 Å². The summed E-state index contributed by atoms with van der Waals surface area (Å²) in [6.07, 6.45) is -1.68. The molecule has 5 nitrogen and oxygen atoms in total. The van der Waals surface area contributed by atoms with E-state index in [0.29, 0.717) is 32.8 Å². The highest BCUT2D eigenvalue weighted by molar-refractivity contribution is 5.15. The molecule has 4 rings (SSSR count). The maximum absolute atomic E-state index is 10.4. The van der Waals surface area contributed by atoms with Gasteiger partial charge in [-0.3, -0.25) is 0 Å². The highest BCUT2D eigenvalue weighted by Gasteiger charge is 2.40. The van der Waals surface area contributed by atoms with Crippen molar-refractivity contribution in [1.82, 2.24) is 0 Å². The van der Waals surface area contributed by atoms with Crippen LogP contribution in [0.3, 0.4) is 0 Å². The van der Waals surface area contributed by atoms with E-state index in [1.165, 1.54) is 0 Å². The molecule has 1 aliphatic rings. The van der Waals surface area contributed by atoms with Crippen LogP contribution in [0.2, 0.25) is 0 Å². The van der Waals surface area contributed by atoms with E-state index >= 15 is 0 Å². The molecular weight excluding hydrogens is 404 g/mol. The summed E-state index contributed by atoms with van der Waals surface area (Å²) >= 11 is 0. The van der Waals surface area contributed by atoms with E-state index in [-0.39, 0.29) is 12.2 Å². The van der Waals surface area contributed by atoms with Gasteiger partial charge < -0.3 is 24.1 Å². The van der Waals surface area contributed by atoms with E-state index in [1.54, 1.807) is 0 Å². The van der Waals surface area contributed by atoms with Gasteiger partial charge in [-0.2, -0.15) is 0 Å². The van der Waals surface area contributed by atoms with Gasteiger partial charge in [0.1, 0.15) is 12.2 Å². The van der Waals surface area contributed by atoms with Crippen molar-refractivity contribution in [3.05, 3.63) is 108 Å². The fraction of sp³-hybridized carbons (Fsp3) is 0.333. The van der Waals surface area contributed by atoms with Crippen LogP contribution in [0.4, 0.5) is 0 Å². The Balaban J connectivity index is 1.42. The highest BCUT2D eigenvalue weighted by Crippen LogP contribution is 2.27. The highest BCUT2D eigenvalue weighted by atomic mass is 16.6. The molecule has 5 heteroatoms. The standard InChI is InChI=1S/C27H30O5/c28-26-16-24(30-18-22-12-6-2-7-13-22)27(31-19-23-14-8-3-9-15-23)25(32-26)20-29-17-21-10-4-1-5-11-21/h1-15,24-28H,16-20H2/t24-,25-,26-,27-/m1/s1. The summed E-state index contributed by atoms with van der Waals surface area (Å²) in [5, 5.41) is 10.4. The van der Waals surface area contributed by atoms with Crippen LogP contribution in [-0.4, -0.2) is 36.3 Å². The first-order chi connectivity index (χ1) is 15.8. The summed E-state index contributed by atoms with van der Waals surface area (Å²) in [6.45, 7) is 1.65. The average Bonchev–Trinajstić information content (AvgIpc) is 2.84. The summed E-state index contributed by atoms with van der Waals surface area (Å²) in [6, 6.07) is 30.0. The minimum atomic E-state index is -0.919. The van der Waals surface area contributed by atoms with Gasteiger partial charge in [-0.15, -0.1) is 0 Å². The predicted octanol–water partition coefficient (Wildman–Crippen LogP) is 4.48. The van der Waals surface area contributed by atoms with Crippen molar-refractivity contribution in [3.63, 3.8) is 0 Å². The molecule has 0 bridgehead atoms. The smallest absolute Gasteiger partial charge is 0.157 e. The Morgan fingerprint density at radius 1 is 0.688 bits per heavy atom. The molecule has 0 saturated carbocycles. The first-order valence-corrected chi connectivity index (χ1v) is 11.0. The Bertz CT molecular complexity index is 903. The van der Waals surface area contributed by atoms with Gasteiger partial charge in [0, 0.05) is 6.42 Å². The van der Waals surface area contributed by atoms with Crippen molar-refractivity contribution in [2.45, 2.75) is 50.8 Å². The number of aliphatic hydroxyl groups excluding tert-OH is 1. The SMILES string of the molecule is O[C@H]1C[C@@H](OCc2ccccc2)[C@@H](OCc2ccccc2)[C@@H](COCc2ccccc2)O1. The molecule has 4 atom stereocenters. The number of benzene rings is 3. The van der Waals surface area contributed by atoms with Crippen LogP contribution >= 0.6 is 0 Å². The first kappa shape index (κ1) is 22.6. The van der Waals surface area contributed by atoms with Crippen LogP contribution in [0.25, 0.3) is 0 Å². The molecule has 1 aliphatic heterocycles. The zero-order valence-corrected chi connectivity index (χ0v) is 18.1. The van der Waals surface area contributed by atoms with Crippen LogP contribution in [-0.2, 0) is 38.8 Å². The lowest BCUT2D eigenvalue weighted by Gasteiger charge is -2.39. The van der Waals surface area contributed by atoms with Gasteiger partial charge in [0.25, 0.3) is 0 Å². The summed E-state index contributed by atoms with van der Waals surface area (Å²) in [7, 11) is 0. The lowest BCUT2D eigenvalue weighted by molar-refractivity contribution is -0.265. The zero-order chi connectivity index (χ0) is 22.0. The molecule has 168 valence electrons. The van der Waals surface area contributed by atoms with Gasteiger partial charge in [0.2, 0.25) is 0 Å². The van der Waals surface area contributed by atoms with Gasteiger partial charge >= 0.3 is 0 Å². The van der Waals surface area contributed by atoms with E-state index < -0.39 is 12.4 Å². The third kappa shape index (κ3) is 6.73. The molecule has 32 heavy (non-hydrogen) atoms. The lowest BCUT2D eigenvalue weighted by Crippen LogP contribution is -2.52. The molecule has 3 aromatic rings. The van der Waals surface area contributed by atoms with E-state index in [2.05, 4.69) is 0 Å². The summed E-state index contributed by atoms with van der Waals surface area (Å²) in [5.41, 5.74) is 3.24. The maximum Gasteiger partial charge on any atom is 0.157 e. The monoisotopic (exact) mass is 434 g/mol. The van der Waals surface area contributed by atoms with E-state index in [4.69, 9.17) is 18.9 Å². The van der Waals surface area contributed by atoms with Crippen molar-refractivity contribution < 1.29 is 24.1 Å². The molecule has 0 aliphatic carbocycles. The van der Waals surface area contributed by atoms with Gasteiger partial charge in [0.05, 0.1) is 32.5 Å². The Morgan fingerprint density at radius 2 is 1.19 bits per heavy atom. The average molecular weight is 435 g/mol. The number of ether oxygens (including phenoxy) is 4. The lowest BCUT2D eigenvalue weighted by atomic mass is 10.0. The largest absolute Gasteiger partial charge is 0.374 e. The Hall–Kier alpha value is -2.54. The topological polar surface area (TPSA) is 57.2 Å². The quantitative estimate of drug-likeness (QED) is 0.510. The number of rotatable bonds is 10. The van der Waals surface area contributed by atoms with E-state index in [9.17, 15) is 5.11 Å². The molecule has 0 aromatic heterocycles. The van der Waals surface area contributed by atoms with Crippen molar-refractivity contribution in [3.8, 4) is 0 Å². The molecule has 0 radical (unpaired) electrons. The molecule has 1 saturated heterocycles. The van der Waals surface area contributed by atoms with Crippen molar-refractivity contribution in [2.75, 3.05) is 6.61 Å². The maximum atomic E-state index is 10.4. The second kappa shape index (κ2) is 11.9. The second-order valence-corrected chi connectivity index (χ2v) is 7.96. The van der Waals surface area contributed by atoms with E-state index in [0.717, 1.165) is 16.7 Å². The Kier molecular flexibility index (Phi) is 8.42. The summed E-state index contributed by atoms with van der Waals surface area (Å²) in [5.74, 6) is 0. The van der Waals surface area contributed by atoms with Gasteiger partial charge in [-0.25, -0.2) is 0 Å². The first-order valence-electron chi connectivity index (χ1n) is 11.0. The molecule has 1 N–H and O–H groups in total. The molecule has 0 amide bonds. The minimum absolute atomic E-state index is 0.302. The number of aliphatic hydroxyl groups is 1. The van der Waals surface area contributed by atoms with Gasteiger partial charge in [0.15, 0.2) is 6.29 Å². The normalized spacial score (nSPS) is 23.2. The number of hydrogen-bond donors (Lipinski definition) is 1. The molecule has 0 spiro atoms. The second-order valence-electron chi connectivity index (χ2n) is 7.96. The zero-order valence-electron chi connectivity index (χ0n) is 18.1. The van der Waals surface area contributed by atoms with Crippen LogP contribution in [0, 0.1) is 0 Å². The third-order valence-electron chi connectivity index (χ3n) is 5.48. The van der Waals surface area contributed by atoms with Crippen molar-refractivity contribution in [2.24, 2.45) is 0 Å². The third-order valence-corrected chi connectivity index (χ3v) is 5.48. The molecule has 1 heterocycles. The summed E-state index contributed by atoms with van der Waals surface area (Å²) in [4.78, 5) is 0. The van der Waals surface area contributed by atoms with Crippen LogP contribution in [0.1, 0.15) is 23.1 Å². The molecule has 3 aromatic carbocycles. The van der Waals surface area contributed by atoms with Crippen molar-refractivity contribution >= 4 is 0 Å². The number of hydrogen-bond acceptors (Lipinski definition) is 5. The van der Waals surface area contributed by atoms with Crippen LogP contribution in [0.15, 0.2) is 91.0 Å². The minimum Gasteiger partial charge on any atom is -0.374 e.